The summed E-state index contributed by atoms with van der Waals surface area (Å²) in [5.74, 6) is 0.561. The van der Waals surface area contributed by atoms with Gasteiger partial charge in [-0.1, -0.05) is 26.2 Å². The molecule has 1 amide bonds. The highest BCUT2D eigenvalue weighted by molar-refractivity contribution is 5.68. The highest BCUT2D eigenvalue weighted by Gasteiger charge is 2.29. The van der Waals surface area contributed by atoms with Gasteiger partial charge in [0.15, 0.2) is 0 Å². The van der Waals surface area contributed by atoms with E-state index in [9.17, 15) is 4.79 Å². The molecule has 4 nitrogen and oxygen atoms in total. The summed E-state index contributed by atoms with van der Waals surface area (Å²) in [4.78, 5) is 13.8. The van der Waals surface area contributed by atoms with E-state index in [2.05, 4.69) is 19.2 Å². The number of hydrogen-bond acceptors (Lipinski definition) is 3. The van der Waals surface area contributed by atoms with Crippen molar-refractivity contribution in [2.45, 2.75) is 78.4 Å². The second kappa shape index (κ2) is 8.62. The van der Waals surface area contributed by atoms with E-state index in [0.29, 0.717) is 12.0 Å². The summed E-state index contributed by atoms with van der Waals surface area (Å²) in [7, 11) is 0. The van der Waals surface area contributed by atoms with Gasteiger partial charge in [0, 0.05) is 19.1 Å². The lowest BCUT2D eigenvalue weighted by molar-refractivity contribution is 0.0288. The zero-order chi connectivity index (χ0) is 15.9. The van der Waals surface area contributed by atoms with E-state index in [0.717, 1.165) is 26.1 Å². The van der Waals surface area contributed by atoms with Gasteiger partial charge in [0.25, 0.3) is 0 Å². The number of carbonyl (C=O) groups excluding carboxylic acids is 1. The lowest BCUT2D eigenvalue weighted by Gasteiger charge is -2.24. The van der Waals surface area contributed by atoms with E-state index in [-0.39, 0.29) is 6.09 Å². The van der Waals surface area contributed by atoms with Crippen LogP contribution in [0.4, 0.5) is 4.79 Å². The summed E-state index contributed by atoms with van der Waals surface area (Å²) in [6.07, 6.45) is 6.06. The molecule has 1 rings (SSSR count). The molecule has 0 saturated carbocycles. The number of hydrogen-bond donors (Lipinski definition) is 1. The topological polar surface area (TPSA) is 41.6 Å². The number of rotatable bonds is 7. The van der Waals surface area contributed by atoms with Crippen LogP contribution in [0.25, 0.3) is 0 Å². The van der Waals surface area contributed by atoms with Crippen LogP contribution in [-0.2, 0) is 4.74 Å². The fraction of sp³-hybridized carbons (Fsp3) is 0.941. The molecule has 0 aromatic rings. The van der Waals surface area contributed by atoms with Crippen molar-refractivity contribution in [2.75, 3.05) is 19.6 Å². The first kappa shape index (κ1) is 18.3. The standard InChI is InChI=1S/C17H34N2O2/c1-6-7-8-9-14(2)18-12-15-10-11-19(13-15)16(20)21-17(3,4)5/h14-15,18H,6-13H2,1-5H3. The van der Waals surface area contributed by atoms with Crippen LogP contribution in [-0.4, -0.2) is 42.3 Å². The number of unbranched alkanes of at least 4 members (excludes halogenated alkanes) is 2. The molecule has 0 spiro atoms. The minimum Gasteiger partial charge on any atom is -0.444 e. The lowest BCUT2D eigenvalue weighted by atomic mass is 10.1. The highest BCUT2D eigenvalue weighted by Crippen LogP contribution is 2.19. The maximum Gasteiger partial charge on any atom is 0.410 e. The second-order valence-corrected chi connectivity index (χ2v) is 7.39. The Bertz CT molecular complexity index is 312. The van der Waals surface area contributed by atoms with Gasteiger partial charge in [0.2, 0.25) is 0 Å². The quantitative estimate of drug-likeness (QED) is 0.727. The van der Waals surface area contributed by atoms with Gasteiger partial charge in [0.05, 0.1) is 0 Å². The zero-order valence-corrected chi connectivity index (χ0v) is 14.6. The monoisotopic (exact) mass is 298 g/mol. The van der Waals surface area contributed by atoms with Crippen molar-refractivity contribution in [3.8, 4) is 0 Å². The molecule has 0 bridgehead atoms. The van der Waals surface area contributed by atoms with Crippen molar-refractivity contribution in [3.05, 3.63) is 0 Å². The maximum atomic E-state index is 12.0. The summed E-state index contributed by atoms with van der Waals surface area (Å²) < 4.78 is 5.43. The third-order valence-corrected chi connectivity index (χ3v) is 3.93. The SMILES string of the molecule is CCCCCC(C)NCC1CCN(C(=O)OC(C)(C)C)C1. The Kier molecular flexibility index (Phi) is 7.50. The van der Waals surface area contributed by atoms with Gasteiger partial charge < -0.3 is 15.0 Å². The van der Waals surface area contributed by atoms with Crippen molar-refractivity contribution < 1.29 is 9.53 Å². The van der Waals surface area contributed by atoms with Gasteiger partial charge in [-0.15, -0.1) is 0 Å². The van der Waals surface area contributed by atoms with Gasteiger partial charge in [-0.3, -0.25) is 0 Å². The number of nitrogens with zero attached hydrogens (tertiary/aromatic N) is 1. The van der Waals surface area contributed by atoms with E-state index >= 15 is 0 Å². The fourth-order valence-electron chi connectivity index (χ4n) is 2.66. The summed E-state index contributed by atoms with van der Waals surface area (Å²) in [6.45, 7) is 12.9. The van der Waals surface area contributed by atoms with Crippen molar-refractivity contribution in [3.63, 3.8) is 0 Å². The first-order valence-electron chi connectivity index (χ1n) is 8.53. The first-order valence-corrected chi connectivity index (χ1v) is 8.53. The third-order valence-electron chi connectivity index (χ3n) is 3.93. The molecule has 0 radical (unpaired) electrons. The van der Waals surface area contributed by atoms with E-state index in [1.807, 2.05) is 25.7 Å². The summed E-state index contributed by atoms with van der Waals surface area (Å²) in [5.41, 5.74) is -0.402. The molecule has 2 unspecified atom stereocenters. The average molecular weight is 298 g/mol. The van der Waals surface area contributed by atoms with Gasteiger partial charge in [-0.2, -0.15) is 0 Å². The van der Waals surface area contributed by atoms with Crippen LogP contribution in [0, 0.1) is 5.92 Å². The molecule has 0 aromatic carbocycles. The van der Waals surface area contributed by atoms with Crippen LogP contribution in [0.5, 0.6) is 0 Å². The molecule has 1 saturated heterocycles. The lowest BCUT2D eigenvalue weighted by Crippen LogP contribution is -2.37. The van der Waals surface area contributed by atoms with Crippen LogP contribution < -0.4 is 5.32 Å². The molecule has 1 aliphatic rings. The molecular formula is C17H34N2O2. The number of ether oxygens (including phenoxy) is 1. The molecule has 1 fully saturated rings. The Labute approximate surface area is 130 Å². The minimum absolute atomic E-state index is 0.166. The van der Waals surface area contributed by atoms with Crippen LogP contribution in [0.1, 0.15) is 66.7 Å². The molecule has 4 heteroatoms. The normalized spacial score (nSPS) is 20.6. The molecule has 124 valence electrons. The Morgan fingerprint density at radius 2 is 2.10 bits per heavy atom. The van der Waals surface area contributed by atoms with Gasteiger partial charge >= 0.3 is 6.09 Å². The number of nitrogens with one attached hydrogen (secondary N) is 1. The average Bonchev–Trinajstić information content (AvgIpc) is 2.83. The van der Waals surface area contributed by atoms with E-state index < -0.39 is 5.60 Å². The van der Waals surface area contributed by atoms with Gasteiger partial charge in [-0.25, -0.2) is 4.79 Å². The number of carbonyl (C=O) groups is 1. The minimum atomic E-state index is -0.402. The first-order chi connectivity index (χ1) is 9.81. The molecule has 2 atom stereocenters. The number of amides is 1. The molecule has 1 aliphatic heterocycles. The Morgan fingerprint density at radius 3 is 2.71 bits per heavy atom. The molecule has 0 aromatic heterocycles. The highest BCUT2D eigenvalue weighted by atomic mass is 16.6. The van der Waals surface area contributed by atoms with E-state index in [1.165, 1.54) is 25.7 Å². The second-order valence-electron chi connectivity index (χ2n) is 7.39. The molecule has 1 heterocycles. The zero-order valence-electron chi connectivity index (χ0n) is 14.6. The van der Waals surface area contributed by atoms with Crippen LogP contribution >= 0.6 is 0 Å². The van der Waals surface area contributed by atoms with Gasteiger partial charge in [-0.05, 0) is 53.0 Å². The Balaban J connectivity index is 2.21. The molecular weight excluding hydrogens is 264 g/mol. The fourth-order valence-corrected chi connectivity index (χ4v) is 2.66. The van der Waals surface area contributed by atoms with Crippen molar-refractivity contribution >= 4 is 6.09 Å². The van der Waals surface area contributed by atoms with Gasteiger partial charge in [0.1, 0.15) is 5.60 Å². The third kappa shape index (κ3) is 7.70. The molecule has 21 heavy (non-hydrogen) atoms. The van der Waals surface area contributed by atoms with Crippen molar-refractivity contribution in [1.82, 2.24) is 10.2 Å². The summed E-state index contributed by atoms with van der Waals surface area (Å²) in [6, 6.07) is 0.576. The Hall–Kier alpha value is -0.770. The predicted octanol–water partition coefficient (Wildman–Crippen LogP) is 3.80. The summed E-state index contributed by atoms with van der Waals surface area (Å²) >= 11 is 0. The van der Waals surface area contributed by atoms with Crippen molar-refractivity contribution in [1.29, 1.82) is 0 Å². The summed E-state index contributed by atoms with van der Waals surface area (Å²) in [5, 5.41) is 3.61. The number of likely N-dealkylation sites (tertiary alicyclic amines) is 1. The van der Waals surface area contributed by atoms with Crippen LogP contribution in [0.3, 0.4) is 0 Å². The molecule has 1 N–H and O–H groups in total. The Morgan fingerprint density at radius 1 is 1.38 bits per heavy atom. The van der Waals surface area contributed by atoms with E-state index in [4.69, 9.17) is 4.74 Å². The largest absolute Gasteiger partial charge is 0.444 e. The maximum absolute atomic E-state index is 12.0. The van der Waals surface area contributed by atoms with E-state index in [1.54, 1.807) is 0 Å². The van der Waals surface area contributed by atoms with Crippen molar-refractivity contribution in [2.24, 2.45) is 5.92 Å². The van der Waals surface area contributed by atoms with Crippen LogP contribution in [0.2, 0.25) is 0 Å². The smallest absolute Gasteiger partial charge is 0.410 e. The van der Waals surface area contributed by atoms with Crippen LogP contribution in [0.15, 0.2) is 0 Å². The molecule has 0 aliphatic carbocycles. The predicted molar refractivity (Wildman–Crippen MR) is 87.5 cm³/mol.